The zero-order valence-electron chi connectivity index (χ0n) is 11.5. The van der Waals surface area contributed by atoms with Crippen LogP contribution in [0.5, 0.6) is 0 Å². The van der Waals surface area contributed by atoms with E-state index in [2.05, 4.69) is 17.2 Å². The molecule has 0 bridgehead atoms. The van der Waals surface area contributed by atoms with E-state index in [1.807, 2.05) is 19.2 Å². The summed E-state index contributed by atoms with van der Waals surface area (Å²) in [6.45, 7) is 6.78. The molecule has 4 heteroatoms. The molecule has 1 rings (SSSR count). The van der Waals surface area contributed by atoms with Crippen LogP contribution < -0.4 is 11.1 Å². The van der Waals surface area contributed by atoms with E-state index < -0.39 is 0 Å². The summed E-state index contributed by atoms with van der Waals surface area (Å²) < 4.78 is 5.43. The SMILES string of the molecule is CCCNC(CCOCC)Cc1cnccc1N. The molecule has 102 valence electrons. The number of aromatic nitrogens is 1. The lowest BCUT2D eigenvalue weighted by Gasteiger charge is -2.19. The summed E-state index contributed by atoms with van der Waals surface area (Å²) in [5.41, 5.74) is 7.89. The van der Waals surface area contributed by atoms with Crippen molar-refractivity contribution >= 4 is 5.69 Å². The lowest BCUT2D eigenvalue weighted by Crippen LogP contribution is -2.33. The average molecular weight is 251 g/mol. The van der Waals surface area contributed by atoms with Crippen molar-refractivity contribution in [1.82, 2.24) is 10.3 Å². The van der Waals surface area contributed by atoms with E-state index >= 15 is 0 Å². The molecule has 0 saturated carbocycles. The highest BCUT2D eigenvalue weighted by atomic mass is 16.5. The lowest BCUT2D eigenvalue weighted by atomic mass is 10.0. The van der Waals surface area contributed by atoms with E-state index in [1.54, 1.807) is 6.20 Å². The summed E-state index contributed by atoms with van der Waals surface area (Å²) in [4.78, 5) is 4.14. The normalized spacial score (nSPS) is 12.6. The monoisotopic (exact) mass is 251 g/mol. The Balaban J connectivity index is 2.51. The molecule has 3 N–H and O–H groups in total. The Bertz CT molecular complexity index is 331. The Morgan fingerprint density at radius 3 is 2.94 bits per heavy atom. The van der Waals surface area contributed by atoms with Crippen LogP contribution in [-0.2, 0) is 11.2 Å². The molecule has 0 aliphatic heterocycles. The van der Waals surface area contributed by atoms with Crippen molar-refractivity contribution < 1.29 is 4.74 Å². The van der Waals surface area contributed by atoms with Crippen LogP contribution in [-0.4, -0.2) is 30.8 Å². The molecule has 0 aliphatic carbocycles. The largest absolute Gasteiger partial charge is 0.398 e. The Hall–Kier alpha value is -1.13. The molecular weight excluding hydrogens is 226 g/mol. The fraction of sp³-hybridized carbons (Fsp3) is 0.643. The molecule has 1 heterocycles. The van der Waals surface area contributed by atoms with Gasteiger partial charge in [0, 0.05) is 37.3 Å². The predicted octanol–water partition coefficient (Wildman–Crippen LogP) is 2.00. The van der Waals surface area contributed by atoms with Crippen LogP contribution in [0.25, 0.3) is 0 Å². The molecule has 1 aromatic heterocycles. The minimum atomic E-state index is 0.406. The van der Waals surface area contributed by atoms with Crippen molar-refractivity contribution in [3.8, 4) is 0 Å². The van der Waals surface area contributed by atoms with Crippen molar-refractivity contribution in [2.45, 2.75) is 39.2 Å². The second-order valence-corrected chi connectivity index (χ2v) is 4.42. The zero-order chi connectivity index (χ0) is 13.2. The molecule has 0 saturated heterocycles. The number of nitrogens with zero attached hydrogens (tertiary/aromatic N) is 1. The number of hydrogen-bond acceptors (Lipinski definition) is 4. The highest BCUT2D eigenvalue weighted by Gasteiger charge is 2.10. The first-order valence-corrected chi connectivity index (χ1v) is 6.77. The Morgan fingerprint density at radius 2 is 2.28 bits per heavy atom. The molecule has 4 nitrogen and oxygen atoms in total. The zero-order valence-corrected chi connectivity index (χ0v) is 11.5. The van der Waals surface area contributed by atoms with Crippen molar-refractivity contribution in [3.63, 3.8) is 0 Å². The molecule has 1 aromatic rings. The number of pyridine rings is 1. The number of rotatable bonds is 9. The number of ether oxygens (including phenoxy) is 1. The van der Waals surface area contributed by atoms with E-state index in [4.69, 9.17) is 10.5 Å². The maximum atomic E-state index is 5.95. The van der Waals surface area contributed by atoms with Crippen molar-refractivity contribution in [1.29, 1.82) is 0 Å². The molecule has 0 radical (unpaired) electrons. The van der Waals surface area contributed by atoms with Crippen LogP contribution in [0.1, 0.15) is 32.3 Å². The van der Waals surface area contributed by atoms with Gasteiger partial charge in [-0.1, -0.05) is 6.92 Å². The smallest absolute Gasteiger partial charge is 0.0480 e. The van der Waals surface area contributed by atoms with Crippen LogP contribution in [0.15, 0.2) is 18.5 Å². The molecule has 18 heavy (non-hydrogen) atoms. The Kier molecular flexibility index (Phi) is 7.37. The fourth-order valence-corrected chi connectivity index (χ4v) is 1.87. The summed E-state index contributed by atoms with van der Waals surface area (Å²) in [7, 11) is 0. The highest BCUT2D eigenvalue weighted by Crippen LogP contribution is 2.12. The summed E-state index contributed by atoms with van der Waals surface area (Å²) >= 11 is 0. The van der Waals surface area contributed by atoms with E-state index in [9.17, 15) is 0 Å². The van der Waals surface area contributed by atoms with Crippen LogP contribution >= 0.6 is 0 Å². The minimum absolute atomic E-state index is 0.406. The topological polar surface area (TPSA) is 60.2 Å². The first-order chi connectivity index (χ1) is 8.77. The number of nitrogen functional groups attached to an aromatic ring is 1. The average Bonchev–Trinajstić information content (AvgIpc) is 2.38. The van der Waals surface area contributed by atoms with E-state index in [1.165, 1.54) is 0 Å². The van der Waals surface area contributed by atoms with Gasteiger partial charge in [0.25, 0.3) is 0 Å². The van der Waals surface area contributed by atoms with Crippen LogP contribution in [0, 0.1) is 0 Å². The van der Waals surface area contributed by atoms with Gasteiger partial charge in [0.1, 0.15) is 0 Å². The van der Waals surface area contributed by atoms with Gasteiger partial charge in [-0.2, -0.15) is 0 Å². The molecular formula is C14H25N3O. The lowest BCUT2D eigenvalue weighted by molar-refractivity contribution is 0.136. The minimum Gasteiger partial charge on any atom is -0.398 e. The van der Waals surface area contributed by atoms with Gasteiger partial charge in [-0.3, -0.25) is 4.98 Å². The van der Waals surface area contributed by atoms with Crippen molar-refractivity contribution in [3.05, 3.63) is 24.0 Å². The molecule has 1 unspecified atom stereocenters. The third-order valence-electron chi connectivity index (χ3n) is 2.91. The Morgan fingerprint density at radius 1 is 1.44 bits per heavy atom. The second-order valence-electron chi connectivity index (χ2n) is 4.42. The van der Waals surface area contributed by atoms with Gasteiger partial charge < -0.3 is 15.8 Å². The van der Waals surface area contributed by atoms with Crippen molar-refractivity contribution in [2.24, 2.45) is 0 Å². The second kappa shape index (κ2) is 8.89. The number of nitrogens with two attached hydrogens (primary N) is 1. The summed E-state index contributed by atoms with van der Waals surface area (Å²) in [6, 6.07) is 2.26. The maximum absolute atomic E-state index is 5.95. The first kappa shape index (κ1) is 14.9. The van der Waals surface area contributed by atoms with Gasteiger partial charge in [0.05, 0.1) is 0 Å². The van der Waals surface area contributed by atoms with Gasteiger partial charge in [0.15, 0.2) is 0 Å². The Labute approximate surface area is 110 Å². The van der Waals surface area contributed by atoms with E-state index in [-0.39, 0.29) is 0 Å². The molecule has 0 fully saturated rings. The van der Waals surface area contributed by atoms with Gasteiger partial charge >= 0.3 is 0 Å². The first-order valence-electron chi connectivity index (χ1n) is 6.77. The molecule has 1 atom stereocenters. The van der Waals surface area contributed by atoms with Gasteiger partial charge in [-0.15, -0.1) is 0 Å². The van der Waals surface area contributed by atoms with Gasteiger partial charge in [0.2, 0.25) is 0 Å². The van der Waals surface area contributed by atoms with E-state index in [0.29, 0.717) is 6.04 Å². The third-order valence-corrected chi connectivity index (χ3v) is 2.91. The highest BCUT2D eigenvalue weighted by molar-refractivity contribution is 5.44. The summed E-state index contributed by atoms with van der Waals surface area (Å²) in [6.07, 6.45) is 6.63. The standard InChI is InChI=1S/C14H25N3O/c1-3-7-17-13(6-9-18-4-2)10-12-11-16-8-5-14(12)15/h5,8,11,13,17H,3-4,6-7,9-10H2,1-2H3,(H2,15,16). The number of nitrogens with one attached hydrogen (secondary N) is 1. The van der Waals surface area contributed by atoms with Crippen LogP contribution in [0.2, 0.25) is 0 Å². The molecule has 0 spiro atoms. The van der Waals surface area contributed by atoms with Gasteiger partial charge in [-0.25, -0.2) is 0 Å². The maximum Gasteiger partial charge on any atom is 0.0480 e. The molecule has 0 aliphatic rings. The van der Waals surface area contributed by atoms with Crippen LogP contribution in [0.3, 0.4) is 0 Å². The van der Waals surface area contributed by atoms with Crippen molar-refractivity contribution in [2.75, 3.05) is 25.5 Å². The predicted molar refractivity (Wildman–Crippen MR) is 75.5 cm³/mol. The number of anilines is 1. The third kappa shape index (κ3) is 5.47. The van der Waals surface area contributed by atoms with Crippen LogP contribution in [0.4, 0.5) is 5.69 Å². The fourth-order valence-electron chi connectivity index (χ4n) is 1.87. The molecule has 0 aromatic carbocycles. The van der Waals surface area contributed by atoms with Gasteiger partial charge in [-0.05, 0) is 44.4 Å². The summed E-state index contributed by atoms with van der Waals surface area (Å²) in [5, 5.41) is 3.54. The quantitative estimate of drug-likeness (QED) is 0.659. The number of hydrogen-bond donors (Lipinski definition) is 2. The summed E-state index contributed by atoms with van der Waals surface area (Å²) in [5.74, 6) is 0. The molecule has 0 amide bonds. The van der Waals surface area contributed by atoms with E-state index in [0.717, 1.165) is 50.3 Å².